The lowest BCUT2D eigenvalue weighted by Crippen LogP contribution is -2.56. The number of nitrogens with two attached hydrogens (primary N) is 1. The molecular formula is C20H29N3O5. The minimum atomic E-state index is -0.846. The molecule has 0 spiro atoms. The predicted octanol–water partition coefficient (Wildman–Crippen LogP) is 2.31. The van der Waals surface area contributed by atoms with Crippen LogP contribution in [0, 0.1) is 17.2 Å². The van der Waals surface area contributed by atoms with Gasteiger partial charge in [-0.2, -0.15) is 5.26 Å². The van der Waals surface area contributed by atoms with Crippen LogP contribution in [0.1, 0.15) is 33.3 Å². The second-order valence-electron chi connectivity index (χ2n) is 6.94. The zero-order chi connectivity index (χ0) is 21.3. The van der Waals surface area contributed by atoms with Crippen molar-refractivity contribution in [3.63, 3.8) is 0 Å². The van der Waals surface area contributed by atoms with E-state index in [1.54, 1.807) is 38.1 Å². The van der Waals surface area contributed by atoms with Crippen LogP contribution >= 0.6 is 0 Å². The number of primary amides is 1. The number of carbonyl (C=O) groups is 2. The fraction of sp³-hybridized carbons (Fsp3) is 0.550. The van der Waals surface area contributed by atoms with Crippen LogP contribution in [0.25, 0.3) is 0 Å². The first-order valence-electron chi connectivity index (χ1n) is 9.11. The van der Waals surface area contributed by atoms with Crippen LogP contribution < -0.4 is 10.5 Å². The van der Waals surface area contributed by atoms with Crippen molar-refractivity contribution in [1.29, 1.82) is 5.26 Å². The van der Waals surface area contributed by atoms with Crippen molar-refractivity contribution < 1.29 is 23.8 Å². The molecule has 0 aliphatic heterocycles. The zero-order valence-electron chi connectivity index (χ0n) is 17.0. The molecule has 28 heavy (non-hydrogen) atoms. The van der Waals surface area contributed by atoms with Crippen molar-refractivity contribution in [2.75, 3.05) is 20.3 Å². The number of hydrogen-bond acceptors (Lipinski definition) is 6. The van der Waals surface area contributed by atoms with Gasteiger partial charge >= 0.3 is 6.09 Å². The van der Waals surface area contributed by atoms with Crippen LogP contribution in [0.15, 0.2) is 24.3 Å². The molecule has 0 bridgehead atoms. The van der Waals surface area contributed by atoms with E-state index in [-0.39, 0.29) is 19.1 Å². The Kier molecular flexibility index (Phi) is 9.25. The maximum Gasteiger partial charge on any atom is 0.411 e. The summed E-state index contributed by atoms with van der Waals surface area (Å²) in [7, 11) is 1.51. The third kappa shape index (κ3) is 6.74. The predicted molar refractivity (Wildman–Crippen MR) is 104 cm³/mol. The molecule has 0 radical (unpaired) electrons. The molecule has 154 valence electrons. The average molecular weight is 391 g/mol. The number of amides is 2. The van der Waals surface area contributed by atoms with E-state index >= 15 is 0 Å². The van der Waals surface area contributed by atoms with Crippen LogP contribution in [0.3, 0.4) is 0 Å². The van der Waals surface area contributed by atoms with E-state index in [9.17, 15) is 9.59 Å². The summed E-state index contributed by atoms with van der Waals surface area (Å²) in [5, 5.41) is 8.85. The van der Waals surface area contributed by atoms with E-state index in [1.165, 1.54) is 12.0 Å². The molecular weight excluding hydrogens is 362 g/mol. The third-order valence-corrected chi connectivity index (χ3v) is 4.09. The Bertz CT molecular complexity index is 684. The highest BCUT2D eigenvalue weighted by molar-refractivity contribution is 5.84. The normalized spacial score (nSPS) is 13.9. The second-order valence-corrected chi connectivity index (χ2v) is 6.94. The SMILES string of the molecule is COCC(C)OC(=O)N(C(C)COc1ccc(C#N)cc1)[C@H](C(N)=O)C(C)C. The number of rotatable bonds is 10. The Hall–Kier alpha value is -2.79. The molecule has 1 aromatic carbocycles. The lowest BCUT2D eigenvalue weighted by atomic mass is 10.0. The summed E-state index contributed by atoms with van der Waals surface area (Å²) in [6, 6.07) is 7.31. The summed E-state index contributed by atoms with van der Waals surface area (Å²) in [5.74, 6) is -0.274. The number of nitrogens with zero attached hydrogens (tertiary/aromatic N) is 2. The highest BCUT2D eigenvalue weighted by atomic mass is 16.6. The number of ether oxygens (including phenoxy) is 3. The molecule has 0 fully saturated rings. The van der Waals surface area contributed by atoms with Gasteiger partial charge < -0.3 is 19.9 Å². The van der Waals surface area contributed by atoms with Gasteiger partial charge in [0, 0.05) is 7.11 Å². The van der Waals surface area contributed by atoms with Crippen molar-refractivity contribution >= 4 is 12.0 Å². The minimum Gasteiger partial charge on any atom is -0.491 e. The van der Waals surface area contributed by atoms with Crippen molar-refractivity contribution in [3.8, 4) is 11.8 Å². The van der Waals surface area contributed by atoms with Gasteiger partial charge in [0.25, 0.3) is 0 Å². The molecule has 0 heterocycles. The third-order valence-electron chi connectivity index (χ3n) is 4.09. The summed E-state index contributed by atoms with van der Waals surface area (Å²) in [4.78, 5) is 26.1. The van der Waals surface area contributed by atoms with E-state index < -0.39 is 30.2 Å². The first kappa shape index (κ1) is 23.2. The maximum absolute atomic E-state index is 12.8. The molecule has 8 heteroatoms. The van der Waals surface area contributed by atoms with Gasteiger partial charge in [-0.25, -0.2) is 4.79 Å². The monoisotopic (exact) mass is 391 g/mol. The standard InChI is InChI=1S/C20H29N3O5/c1-13(2)18(19(22)24)23(20(25)28-15(4)12-26-5)14(3)11-27-17-8-6-16(10-21)7-9-17/h6-9,13-15,18H,11-12H2,1-5H3,(H2,22,24)/t14?,15?,18-/m0/s1. The van der Waals surface area contributed by atoms with Gasteiger partial charge in [0.2, 0.25) is 5.91 Å². The van der Waals surface area contributed by atoms with Gasteiger partial charge in [0.15, 0.2) is 0 Å². The molecule has 3 atom stereocenters. The molecule has 2 N–H and O–H groups in total. The summed E-state index contributed by atoms with van der Waals surface area (Å²) in [6.07, 6.45) is -1.13. The van der Waals surface area contributed by atoms with Gasteiger partial charge in [-0.3, -0.25) is 9.69 Å². The fourth-order valence-corrected chi connectivity index (χ4v) is 2.78. The number of carbonyl (C=O) groups excluding carboxylic acids is 2. The van der Waals surface area contributed by atoms with Crippen molar-refractivity contribution in [2.24, 2.45) is 11.7 Å². The Balaban J connectivity index is 2.96. The summed E-state index contributed by atoms with van der Waals surface area (Å²) < 4.78 is 16.1. The van der Waals surface area contributed by atoms with Gasteiger partial charge in [0.1, 0.15) is 24.5 Å². The zero-order valence-corrected chi connectivity index (χ0v) is 17.0. The highest BCUT2D eigenvalue weighted by Gasteiger charge is 2.36. The molecule has 2 unspecified atom stereocenters. The van der Waals surface area contributed by atoms with Crippen LogP contribution in [-0.2, 0) is 14.3 Å². The van der Waals surface area contributed by atoms with Crippen LogP contribution in [-0.4, -0.2) is 55.4 Å². The van der Waals surface area contributed by atoms with Crippen LogP contribution in [0.2, 0.25) is 0 Å². The first-order valence-corrected chi connectivity index (χ1v) is 9.11. The first-order chi connectivity index (χ1) is 13.2. The number of nitriles is 1. The van der Waals surface area contributed by atoms with E-state index in [2.05, 4.69) is 0 Å². The second kappa shape index (κ2) is 11.1. The Morgan fingerprint density at radius 3 is 2.21 bits per heavy atom. The fourth-order valence-electron chi connectivity index (χ4n) is 2.78. The highest BCUT2D eigenvalue weighted by Crippen LogP contribution is 2.19. The minimum absolute atomic E-state index is 0.121. The lowest BCUT2D eigenvalue weighted by molar-refractivity contribution is -0.125. The van der Waals surface area contributed by atoms with Crippen molar-refractivity contribution in [2.45, 2.75) is 45.9 Å². The molecule has 8 nitrogen and oxygen atoms in total. The molecule has 0 aliphatic rings. The lowest BCUT2D eigenvalue weighted by Gasteiger charge is -2.36. The quantitative estimate of drug-likeness (QED) is 0.654. The van der Waals surface area contributed by atoms with Gasteiger partial charge in [-0.05, 0) is 44.0 Å². The summed E-state index contributed by atoms with van der Waals surface area (Å²) in [6.45, 7) is 7.43. The van der Waals surface area contributed by atoms with Gasteiger partial charge in [0.05, 0.1) is 24.3 Å². The number of hydrogen-bond donors (Lipinski definition) is 1. The van der Waals surface area contributed by atoms with Crippen LogP contribution in [0.5, 0.6) is 5.75 Å². The Morgan fingerprint density at radius 1 is 1.14 bits per heavy atom. The van der Waals surface area contributed by atoms with E-state index in [0.29, 0.717) is 11.3 Å². The molecule has 0 aliphatic carbocycles. The van der Waals surface area contributed by atoms with E-state index in [4.69, 9.17) is 25.2 Å². The smallest absolute Gasteiger partial charge is 0.411 e. The van der Waals surface area contributed by atoms with Crippen LogP contribution in [0.4, 0.5) is 4.79 Å². The van der Waals surface area contributed by atoms with Crippen molar-refractivity contribution in [1.82, 2.24) is 4.90 Å². The summed E-state index contributed by atoms with van der Waals surface area (Å²) >= 11 is 0. The van der Waals surface area contributed by atoms with Gasteiger partial charge in [-0.15, -0.1) is 0 Å². The molecule has 1 aromatic rings. The van der Waals surface area contributed by atoms with Crippen molar-refractivity contribution in [3.05, 3.63) is 29.8 Å². The van der Waals surface area contributed by atoms with E-state index in [1.807, 2.05) is 19.9 Å². The maximum atomic E-state index is 12.8. The molecule has 2 amide bonds. The van der Waals surface area contributed by atoms with E-state index in [0.717, 1.165) is 0 Å². The largest absolute Gasteiger partial charge is 0.491 e. The summed E-state index contributed by atoms with van der Waals surface area (Å²) in [5.41, 5.74) is 6.08. The Morgan fingerprint density at radius 2 is 1.75 bits per heavy atom. The number of benzene rings is 1. The average Bonchev–Trinajstić information content (AvgIpc) is 2.63. The van der Waals surface area contributed by atoms with Gasteiger partial charge in [-0.1, -0.05) is 13.8 Å². The number of methoxy groups -OCH3 is 1. The molecule has 1 rings (SSSR count). The molecule has 0 aromatic heterocycles. The Labute approximate surface area is 166 Å². The topological polar surface area (TPSA) is 115 Å². The molecule has 0 saturated heterocycles. The molecule has 0 saturated carbocycles.